The Kier molecular flexibility index (Phi) is 3.66. The summed E-state index contributed by atoms with van der Waals surface area (Å²) >= 11 is 0. The molecule has 6 heteroatoms. The molecule has 0 aromatic rings. The number of hydrogen-bond acceptors (Lipinski definition) is 6. The van der Waals surface area contributed by atoms with Crippen LogP contribution in [0.25, 0.3) is 0 Å². The SMILES string of the molecule is NN[C@H]1CCC(=O)OCCOC1=O. The lowest BCUT2D eigenvalue weighted by Crippen LogP contribution is -2.42. The van der Waals surface area contributed by atoms with E-state index >= 15 is 0 Å². The molecule has 0 aliphatic carbocycles. The number of esters is 2. The monoisotopic (exact) mass is 188 g/mol. The molecule has 13 heavy (non-hydrogen) atoms. The van der Waals surface area contributed by atoms with Crippen LogP contribution in [0, 0.1) is 0 Å². The minimum absolute atomic E-state index is 0.0861. The highest BCUT2D eigenvalue weighted by molar-refractivity contribution is 5.77. The molecule has 0 amide bonds. The van der Waals surface area contributed by atoms with Crippen LogP contribution in [0.1, 0.15) is 12.8 Å². The lowest BCUT2D eigenvalue weighted by Gasteiger charge is -2.11. The van der Waals surface area contributed by atoms with Crippen molar-refractivity contribution in [1.29, 1.82) is 0 Å². The first kappa shape index (κ1) is 9.94. The van der Waals surface area contributed by atoms with E-state index in [1.807, 2.05) is 0 Å². The van der Waals surface area contributed by atoms with Gasteiger partial charge < -0.3 is 9.47 Å². The topological polar surface area (TPSA) is 90.7 Å². The van der Waals surface area contributed by atoms with Crippen molar-refractivity contribution in [2.75, 3.05) is 13.2 Å². The first-order valence-electron chi connectivity index (χ1n) is 4.02. The molecule has 1 aliphatic heterocycles. The van der Waals surface area contributed by atoms with Crippen LogP contribution in [-0.4, -0.2) is 31.2 Å². The number of ether oxygens (including phenoxy) is 2. The molecule has 3 N–H and O–H groups in total. The summed E-state index contributed by atoms with van der Waals surface area (Å²) in [5.74, 6) is 4.33. The third-order valence-corrected chi connectivity index (χ3v) is 1.71. The summed E-state index contributed by atoms with van der Waals surface area (Å²) in [5, 5.41) is 0. The zero-order valence-corrected chi connectivity index (χ0v) is 7.12. The average Bonchev–Trinajstić information content (AvgIpc) is 2.19. The number of cyclic esters (lactones) is 2. The van der Waals surface area contributed by atoms with E-state index in [9.17, 15) is 9.59 Å². The minimum Gasteiger partial charge on any atom is -0.462 e. The zero-order chi connectivity index (χ0) is 9.68. The molecular formula is C7H12N2O4. The average molecular weight is 188 g/mol. The molecule has 1 saturated heterocycles. The van der Waals surface area contributed by atoms with Gasteiger partial charge in [0, 0.05) is 6.42 Å². The van der Waals surface area contributed by atoms with E-state index in [1.54, 1.807) is 0 Å². The molecule has 6 nitrogen and oxygen atoms in total. The van der Waals surface area contributed by atoms with Gasteiger partial charge in [-0.3, -0.25) is 15.4 Å². The quantitative estimate of drug-likeness (QED) is 0.302. The highest BCUT2D eigenvalue weighted by atomic mass is 16.6. The van der Waals surface area contributed by atoms with Crippen LogP contribution in [-0.2, 0) is 19.1 Å². The lowest BCUT2D eigenvalue weighted by molar-refractivity contribution is -0.150. The molecule has 1 aliphatic rings. The summed E-state index contributed by atoms with van der Waals surface area (Å²) in [4.78, 5) is 22.0. The Morgan fingerprint density at radius 2 is 2.00 bits per heavy atom. The first-order valence-corrected chi connectivity index (χ1v) is 4.02. The fraction of sp³-hybridized carbons (Fsp3) is 0.714. The largest absolute Gasteiger partial charge is 0.462 e. The molecule has 0 unspecified atom stereocenters. The zero-order valence-electron chi connectivity index (χ0n) is 7.12. The highest BCUT2D eigenvalue weighted by Gasteiger charge is 2.21. The van der Waals surface area contributed by atoms with E-state index in [0.29, 0.717) is 6.42 Å². The minimum atomic E-state index is -0.620. The van der Waals surface area contributed by atoms with Crippen molar-refractivity contribution < 1.29 is 19.1 Å². The van der Waals surface area contributed by atoms with E-state index in [-0.39, 0.29) is 25.6 Å². The summed E-state index contributed by atoms with van der Waals surface area (Å²) in [6.45, 7) is 0.199. The summed E-state index contributed by atoms with van der Waals surface area (Å²) in [5.41, 5.74) is 2.29. The maximum Gasteiger partial charge on any atom is 0.324 e. The maximum atomic E-state index is 11.1. The van der Waals surface area contributed by atoms with Crippen molar-refractivity contribution in [3.63, 3.8) is 0 Å². The second-order valence-electron chi connectivity index (χ2n) is 2.65. The van der Waals surface area contributed by atoms with E-state index in [4.69, 9.17) is 15.3 Å². The van der Waals surface area contributed by atoms with Crippen LogP contribution in [0.2, 0.25) is 0 Å². The Balaban J connectivity index is 2.53. The molecule has 0 spiro atoms. The van der Waals surface area contributed by atoms with Crippen LogP contribution >= 0.6 is 0 Å². The van der Waals surface area contributed by atoms with Crippen molar-refractivity contribution in [2.45, 2.75) is 18.9 Å². The van der Waals surface area contributed by atoms with Crippen molar-refractivity contribution in [1.82, 2.24) is 5.43 Å². The molecular weight excluding hydrogens is 176 g/mol. The van der Waals surface area contributed by atoms with Crippen LogP contribution in [0.3, 0.4) is 0 Å². The Bertz CT molecular complexity index is 207. The van der Waals surface area contributed by atoms with Crippen LogP contribution < -0.4 is 11.3 Å². The van der Waals surface area contributed by atoms with Gasteiger partial charge in [0.1, 0.15) is 19.3 Å². The van der Waals surface area contributed by atoms with Gasteiger partial charge in [0.2, 0.25) is 0 Å². The molecule has 74 valence electrons. The van der Waals surface area contributed by atoms with Crippen molar-refractivity contribution in [3.05, 3.63) is 0 Å². The van der Waals surface area contributed by atoms with Gasteiger partial charge in [-0.15, -0.1) is 0 Å². The van der Waals surface area contributed by atoms with Crippen LogP contribution in [0.5, 0.6) is 0 Å². The number of hydrazine groups is 1. The van der Waals surface area contributed by atoms with Gasteiger partial charge in [0.15, 0.2) is 0 Å². The number of nitrogens with one attached hydrogen (secondary N) is 1. The van der Waals surface area contributed by atoms with Gasteiger partial charge in [-0.05, 0) is 6.42 Å². The van der Waals surface area contributed by atoms with Crippen LogP contribution in [0.4, 0.5) is 0 Å². The van der Waals surface area contributed by atoms with Gasteiger partial charge in [0.25, 0.3) is 0 Å². The molecule has 0 aromatic heterocycles. The summed E-state index contributed by atoms with van der Waals surface area (Å²) in [6.07, 6.45) is 0.470. The van der Waals surface area contributed by atoms with Crippen molar-refractivity contribution in [3.8, 4) is 0 Å². The van der Waals surface area contributed by atoms with E-state index in [2.05, 4.69) is 5.43 Å². The van der Waals surface area contributed by atoms with Gasteiger partial charge in [0.05, 0.1) is 0 Å². The molecule has 1 atom stereocenters. The van der Waals surface area contributed by atoms with Crippen molar-refractivity contribution >= 4 is 11.9 Å². The molecule has 1 heterocycles. The Morgan fingerprint density at radius 1 is 1.31 bits per heavy atom. The summed E-state index contributed by atoms with van der Waals surface area (Å²) in [7, 11) is 0. The summed E-state index contributed by atoms with van der Waals surface area (Å²) < 4.78 is 9.48. The van der Waals surface area contributed by atoms with Gasteiger partial charge >= 0.3 is 11.9 Å². The highest BCUT2D eigenvalue weighted by Crippen LogP contribution is 2.03. The van der Waals surface area contributed by atoms with Crippen molar-refractivity contribution in [2.24, 2.45) is 5.84 Å². The Hall–Kier alpha value is -1.14. The lowest BCUT2D eigenvalue weighted by atomic mass is 10.2. The standard InChI is InChI=1S/C7H12N2O4/c8-9-5-1-2-6(10)12-3-4-13-7(5)11/h5,9H,1-4,8H2/t5-/m0/s1. The number of hydrogen-bond donors (Lipinski definition) is 2. The summed E-state index contributed by atoms with van der Waals surface area (Å²) in [6, 6.07) is -0.620. The number of carbonyl (C=O) groups excluding carboxylic acids is 2. The predicted molar refractivity (Wildman–Crippen MR) is 42.3 cm³/mol. The molecule has 1 fully saturated rings. The van der Waals surface area contributed by atoms with Gasteiger partial charge in [-0.2, -0.15) is 0 Å². The Morgan fingerprint density at radius 3 is 2.69 bits per heavy atom. The van der Waals surface area contributed by atoms with Gasteiger partial charge in [-0.1, -0.05) is 0 Å². The third kappa shape index (κ3) is 3.00. The Labute approximate surface area is 75.3 Å². The molecule has 0 saturated carbocycles. The molecule has 0 aromatic carbocycles. The number of nitrogens with two attached hydrogens (primary N) is 1. The smallest absolute Gasteiger partial charge is 0.324 e. The fourth-order valence-corrected chi connectivity index (χ4v) is 1.00. The van der Waals surface area contributed by atoms with E-state index in [0.717, 1.165) is 0 Å². The first-order chi connectivity index (χ1) is 6.24. The molecule has 0 bridgehead atoms. The third-order valence-electron chi connectivity index (χ3n) is 1.71. The van der Waals surface area contributed by atoms with Crippen LogP contribution in [0.15, 0.2) is 0 Å². The van der Waals surface area contributed by atoms with Gasteiger partial charge in [-0.25, -0.2) is 5.43 Å². The fourth-order valence-electron chi connectivity index (χ4n) is 1.00. The van der Waals surface area contributed by atoms with E-state index in [1.165, 1.54) is 0 Å². The van der Waals surface area contributed by atoms with E-state index < -0.39 is 12.0 Å². The normalized spacial score (nSPS) is 25.2. The number of rotatable bonds is 1. The maximum absolute atomic E-state index is 11.1. The predicted octanol–water partition coefficient (Wildman–Crippen LogP) is -1.30. The molecule has 1 rings (SSSR count). The second-order valence-corrected chi connectivity index (χ2v) is 2.65. The second kappa shape index (κ2) is 4.78. The number of carbonyl (C=O) groups is 2. The molecule has 0 radical (unpaired) electrons.